The highest BCUT2D eigenvalue weighted by Gasteiger charge is 2.08. The first-order chi connectivity index (χ1) is 13.0. The van der Waals surface area contributed by atoms with Gasteiger partial charge in [0.05, 0.1) is 13.1 Å². The van der Waals surface area contributed by atoms with Crippen LogP contribution in [0.1, 0.15) is 6.92 Å². The zero-order chi connectivity index (χ0) is 19.6. The summed E-state index contributed by atoms with van der Waals surface area (Å²) >= 11 is 0. The number of ether oxygens (including phenoxy) is 1. The maximum Gasteiger partial charge on any atom is 0.243 e. The molecule has 0 aliphatic rings. The Hall–Kier alpha value is -3.16. The molecule has 0 saturated carbocycles. The maximum absolute atomic E-state index is 13.2. The van der Waals surface area contributed by atoms with E-state index in [0.29, 0.717) is 23.9 Å². The number of hydrogen-bond acceptors (Lipinski definition) is 3. The van der Waals surface area contributed by atoms with Crippen molar-refractivity contribution in [1.82, 2.24) is 10.6 Å². The molecule has 0 spiro atoms. The summed E-state index contributed by atoms with van der Waals surface area (Å²) in [5, 5.41) is 8.44. The Morgan fingerprint density at radius 1 is 1.11 bits per heavy atom. The first kappa shape index (κ1) is 20.2. The van der Waals surface area contributed by atoms with Gasteiger partial charge >= 0.3 is 0 Å². The van der Waals surface area contributed by atoms with Gasteiger partial charge in [0.2, 0.25) is 5.91 Å². The predicted molar refractivity (Wildman–Crippen MR) is 101 cm³/mol. The van der Waals surface area contributed by atoms with Crippen molar-refractivity contribution in [3.8, 4) is 5.75 Å². The Bertz CT molecular complexity index is 799. The van der Waals surface area contributed by atoms with E-state index in [1.165, 1.54) is 30.3 Å². The Kier molecular flexibility index (Phi) is 7.54. The molecule has 6 nitrogen and oxygen atoms in total. The number of carbonyl (C=O) groups is 1. The van der Waals surface area contributed by atoms with Gasteiger partial charge in [-0.3, -0.25) is 9.79 Å². The molecule has 1 atom stereocenters. The quantitative estimate of drug-likeness (QED) is 0.513. The van der Waals surface area contributed by atoms with Crippen LogP contribution in [0.5, 0.6) is 5.75 Å². The molecule has 2 aromatic rings. The molecule has 0 bridgehead atoms. The van der Waals surface area contributed by atoms with Gasteiger partial charge in [-0.15, -0.1) is 0 Å². The van der Waals surface area contributed by atoms with Crippen molar-refractivity contribution in [3.63, 3.8) is 0 Å². The number of carbonyl (C=O) groups excluding carboxylic acids is 1. The smallest absolute Gasteiger partial charge is 0.243 e. The van der Waals surface area contributed by atoms with Gasteiger partial charge in [0.1, 0.15) is 23.5 Å². The minimum absolute atomic E-state index is 0.0463. The number of aliphatic imine (C=N–C) groups is 1. The second-order valence-electron chi connectivity index (χ2n) is 5.75. The largest absolute Gasteiger partial charge is 0.489 e. The topological polar surface area (TPSA) is 74.8 Å². The van der Waals surface area contributed by atoms with Crippen LogP contribution < -0.4 is 20.7 Å². The lowest BCUT2D eigenvalue weighted by Crippen LogP contribution is -2.44. The molecule has 1 unspecified atom stereocenters. The SMILES string of the molecule is CN=C(NCC(=O)Nc1cccc(F)c1)NCC(C)Oc1cccc(F)c1. The lowest BCUT2D eigenvalue weighted by atomic mass is 10.3. The van der Waals surface area contributed by atoms with Crippen LogP contribution in [0, 0.1) is 11.6 Å². The fourth-order valence-corrected chi connectivity index (χ4v) is 2.21. The molecule has 27 heavy (non-hydrogen) atoms. The van der Waals surface area contributed by atoms with E-state index in [1.54, 1.807) is 25.2 Å². The van der Waals surface area contributed by atoms with Crippen LogP contribution in [0.3, 0.4) is 0 Å². The molecule has 0 aliphatic carbocycles. The van der Waals surface area contributed by atoms with Crippen molar-refractivity contribution in [2.75, 3.05) is 25.5 Å². The number of guanidine groups is 1. The van der Waals surface area contributed by atoms with Crippen molar-refractivity contribution in [2.24, 2.45) is 4.99 Å². The van der Waals surface area contributed by atoms with Crippen molar-refractivity contribution >= 4 is 17.6 Å². The molecule has 0 aliphatic heterocycles. The second kappa shape index (κ2) is 10.1. The molecule has 0 radical (unpaired) electrons. The van der Waals surface area contributed by atoms with E-state index in [9.17, 15) is 13.6 Å². The monoisotopic (exact) mass is 376 g/mol. The molecule has 2 rings (SSSR count). The van der Waals surface area contributed by atoms with E-state index in [2.05, 4.69) is 20.9 Å². The first-order valence-electron chi connectivity index (χ1n) is 8.38. The summed E-state index contributed by atoms with van der Waals surface area (Å²) in [6.07, 6.45) is -0.258. The fraction of sp³-hybridized carbons (Fsp3) is 0.263. The summed E-state index contributed by atoms with van der Waals surface area (Å²) in [5.74, 6) is -0.298. The molecule has 0 saturated heterocycles. The molecule has 1 amide bonds. The highest BCUT2D eigenvalue weighted by Crippen LogP contribution is 2.13. The number of nitrogens with zero attached hydrogens (tertiary/aromatic N) is 1. The molecule has 0 aromatic heterocycles. The number of anilines is 1. The zero-order valence-electron chi connectivity index (χ0n) is 15.1. The van der Waals surface area contributed by atoms with Gasteiger partial charge in [-0.2, -0.15) is 0 Å². The van der Waals surface area contributed by atoms with Crippen molar-refractivity contribution in [2.45, 2.75) is 13.0 Å². The average Bonchev–Trinajstić information content (AvgIpc) is 2.62. The van der Waals surface area contributed by atoms with E-state index >= 15 is 0 Å². The Morgan fingerprint density at radius 3 is 2.48 bits per heavy atom. The minimum atomic E-state index is -0.425. The lowest BCUT2D eigenvalue weighted by Gasteiger charge is -2.17. The second-order valence-corrected chi connectivity index (χ2v) is 5.75. The van der Waals surface area contributed by atoms with Gasteiger partial charge in [-0.25, -0.2) is 8.78 Å². The molecule has 0 heterocycles. The van der Waals surface area contributed by atoms with Crippen molar-refractivity contribution < 1.29 is 18.3 Å². The summed E-state index contributed by atoms with van der Waals surface area (Å²) in [6.45, 7) is 2.17. The van der Waals surface area contributed by atoms with Crippen LogP contribution in [0.2, 0.25) is 0 Å². The van der Waals surface area contributed by atoms with Gasteiger partial charge in [0, 0.05) is 18.8 Å². The van der Waals surface area contributed by atoms with Gasteiger partial charge in [0.15, 0.2) is 5.96 Å². The molecule has 3 N–H and O–H groups in total. The summed E-state index contributed by atoms with van der Waals surface area (Å²) in [5.41, 5.74) is 0.377. The van der Waals surface area contributed by atoms with Gasteiger partial charge < -0.3 is 20.7 Å². The number of nitrogens with one attached hydrogen (secondary N) is 3. The molecule has 0 fully saturated rings. The number of hydrogen-bond donors (Lipinski definition) is 3. The summed E-state index contributed by atoms with van der Waals surface area (Å²) in [4.78, 5) is 15.9. The Labute approximate surface area is 156 Å². The van der Waals surface area contributed by atoms with Gasteiger partial charge in [-0.1, -0.05) is 12.1 Å². The van der Waals surface area contributed by atoms with E-state index in [4.69, 9.17) is 4.74 Å². The Morgan fingerprint density at radius 2 is 1.81 bits per heavy atom. The van der Waals surface area contributed by atoms with Crippen molar-refractivity contribution in [3.05, 3.63) is 60.2 Å². The summed E-state index contributed by atoms with van der Waals surface area (Å²) in [7, 11) is 1.57. The highest BCUT2D eigenvalue weighted by atomic mass is 19.1. The summed E-state index contributed by atoms with van der Waals surface area (Å²) in [6, 6.07) is 11.5. The van der Waals surface area contributed by atoms with Gasteiger partial charge in [-0.05, 0) is 37.3 Å². The van der Waals surface area contributed by atoms with E-state index in [-0.39, 0.29) is 24.4 Å². The molecule has 8 heteroatoms. The number of halogens is 2. The predicted octanol–water partition coefficient (Wildman–Crippen LogP) is 2.54. The normalized spacial score (nSPS) is 12.2. The maximum atomic E-state index is 13.2. The summed E-state index contributed by atoms with van der Waals surface area (Å²) < 4.78 is 31.9. The molecular formula is C19H22F2N4O2. The van der Waals surface area contributed by atoms with E-state index in [0.717, 1.165) is 0 Å². The van der Waals surface area contributed by atoms with Crippen LogP contribution in [0.15, 0.2) is 53.5 Å². The average molecular weight is 376 g/mol. The van der Waals surface area contributed by atoms with Crippen LogP contribution >= 0.6 is 0 Å². The van der Waals surface area contributed by atoms with E-state index in [1.807, 2.05) is 6.92 Å². The third kappa shape index (κ3) is 7.31. The Balaban J connectivity index is 1.74. The first-order valence-corrected chi connectivity index (χ1v) is 8.38. The third-order valence-corrected chi connectivity index (χ3v) is 3.44. The third-order valence-electron chi connectivity index (χ3n) is 3.44. The number of amides is 1. The van der Waals surface area contributed by atoms with Crippen LogP contribution in [-0.2, 0) is 4.79 Å². The zero-order valence-corrected chi connectivity index (χ0v) is 15.1. The lowest BCUT2D eigenvalue weighted by molar-refractivity contribution is -0.115. The van der Waals surface area contributed by atoms with Gasteiger partial charge in [0.25, 0.3) is 0 Å². The molecule has 144 valence electrons. The fourth-order valence-electron chi connectivity index (χ4n) is 2.21. The number of rotatable bonds is 7. The van der Waals surface area contributed by atoms with Crippen LogP contribution in [0.4, 0.5) is 14.5 Å². The highest BCUT2D eigenvalue weighted by molar-refractivity contribution is 5.94. The molecular weight excluding hydrogens is 354 g/mol. The van der Waals surface area contributed by atoms with Crippen LogP contribution in [0.25, 0.3) is 0 Å². The molecule has 2 aromatic carbocycles. The standard InChI is InChI=1S/C19H22F2N4O2/c1-13(27-17-8-4-6-15(21)10-17)11-23-19(22-2)24-12-18(26)25-16-7-3-5-14(20)9-16/h3-10,13H,11-12H2,1-2H3,(H,25,26)(H2,22,23,24). The van der Waals surface area contributed by atoms with Crippen LogP contribution in [-0.4, -0.2) is 38.1 Å². The van der Waals surface area contributed by atoms with Crippen molar-refractivity contribution in [1.29, 1.82) is 0 Å². The minimum Gasteiger partial charge on any atom is -0.489 e. The number of benzene rings is 2. The van der Waals surface area contributed by atoms with E-state index < -0.39 is 5.82 Å².